The monoisotopic (exact) mass is 1410 g/mol. The Morgan fingerprint density at radius 1 is 0.590 bits per heavy atom. The van der Waals surface area contributed by atoms with E-state index in [0.29, 0.717) is 76.6 Å². The molecule has 24 nitrogen and oxygen atoms in total. The highest BCUT2D eigenvalue weighted by molar-refractivity contribution is 6.01. The minimum Gasteiger partial charge on any atom is -0.343 e. The maximum atomic E-state index is 15.7. The van der Waals surface area contributed by atoms with E-state index in [0.717, 1.165) is 66.1 Å². The van der Waals surface area contributed by atoms with Gasteiger partial charge in [0.2, 0.25) is 70.9 Å². The normalized spacial score (nSPS) is 26.8. The van der Waals surface area contributed by atoms with E-state index in [2.05, 4.69) is 16.0 Å². The Labute approximate surface area is 584 Å². The van der Waals surface area contributed by atoms with Crippen LogP contribution >= 0.6 is 0 Å². The number of carbonyl (C=O) groups is 12. The number of likely N-dealkylation sites (N-methyl/N-ethyl adjacent to an activating group) is 7. The van der Waals surface area contributed by atoms with Gasteiger partial charge in [-0.1, -0.05) is 97.8 Å². The third-order valence-corrected chi connectivity index (χ3v) is 22.0. The number of carbonyl (C=O) groups excluding carboxylic acids is 12. The third kappa shape index (κ3) is 19.4. The van der Waals surface area contributed by atoms with Crippen LogP contribution in [0, 0.1) is 29.4 Å². The molecule has 3 N–H and O–H groups in total. The lowest BCUT2D eigenvalue weighted by Crippen LogP contribution is -2.65. The number of likely N-dealkylation sites (tertiary alicyclic amines) is 1. The van der Waals surface area contributed by atoms with Gasteiger partial charge in [-0.3, -0.25) is 57.5 Å². The number of halogens is 5. The first-order valence-electron chi connectivity index (χ1n) is 36.1. The standard InChI is InChI=1S/C71H107F5N12O12/c1-11-24-51-62(93)78-60(44(3)12-2)67(98)82(6)42-57(91)80(4)43-58(92)84(8)53(39-45-25-15-13-16-26-45)65(96)81(5)41-55(89)77-50(31-30-46-37-48(72)59(49(73)38-46)71(74,75)76)64(95)88-36-23-29-52(88)63(94)79-70(32-19-20-33-70)69(100)86(10)61(47-27-17-14-18-28-47)68(99)85(9)54(40-56(90)83(51)7)66(97)87-34-21-22-35-87/h37-38,44-45,47,50-54,60-61H,11-36,39-43H2,1-10H3,(H,77,89)(H,78,93)(H,79,94)/t44-,50-,51-,52-,53-,54-,60-,61-/m0/s1. The molecule has 100 heavy (non-hydrogen) atoms. The topological polar surface area (TPSA) is 270 Å². The summed E-state index contributed by atoms with van der Waals surface area (Å²) in [6.07, 6.45) is 4.59. The molecular weight excluding hydrogens is 1310 g/mol. The molecule has 3 heterocycles. The highest BCUT2D eigenvalue weighted by atomic mass is 19.4. The molecule has 1 aromatic rings. The van der Waals surface area contributed by atoms with Crippen molar-refractivity contribution >= 4 is 70.9 Å². The molecule has 1 spiro atoms. The van der Waals surface area contributed by atoms with Gasteiger partial charge >= 0.3 is 6.18 Å². The Balaban J connectivity index is 1.28. The summed E-state index contributed by atoms with van der Waals surface area (Å²) in [5.74, 6) is -13.1. The van der Waals surface area contributed by atoms with Gasteiger partial charge in [-0.2, -0.15) is 13.2 Å². The van der Waals surface area contributed by atoms with Crippen molar-refractivity contribution in [3.05, 3.63) is 34.9 Å². The Hall–Kier alpha value is -7.49. The number of alkyl halides is 3. The van der Waals surface area contributed by atoms with Crippen molar-refractivity contribution in [1.29, 1.82) is 0 Å². The first-order valence-corrected chi connectivity index (χ1v) is 36.1. The van der Waals surface area contributed by atoms with Crippen LogP contribution in [0.25, 0.3) is 0 Å². The van der Waals surface area contributed by atoms with E-state index in [9.17, 15) is 51.5 Å². The number of aryl methyl sites for hydroxylation is 1. The minimum atomic E-state index is -5.38. The van der Waals surface area contributed by atoms with Crippen molar-refractivity contribution in [2.75, 3.05) is 88.6 Å². The van der Waals surface area contributed by atoms with Gasteiger partial charge in [0.15, 0.2) is 0 Å². The Morgan fingerprint density at radius 3 is 1.76 bits per heavy atom. The quantitative estimate of drug-likeness (QED) is 0.235. The van der Waals surface area contributed by atoms with E-state index in [1.807, 2.05) is 13.8 Å². The van der Waals surface area contributed by atoms with Crippen LogP contribution < -0.4 is 16.0 Å². The summed E-state index contributed by atoms with van der Waals surface area (Å²) in [6, 6.07) is -8.15. The fourth-order valence-corrected chi connectivity index (χ4v) is 15.7. The van der Waals surface area contributed by atoms with Gasteiger partial charge in [0, 0.05) is 69.0 Å². The highest BCUT2D eigenvalue weighted by Gasteiger charge is 2.52. The molecule has 0 aromatic heterocycles. The third-order valence-electron chi connectivity index (χ3n) is 22.0. The van der Waals surface area contributed by atoms with Crippen LogP contribution in [0.5, 0.6) is 0 Å². The van der Waals surface area contributed by atoms with Gasteiger partial charge in [-0.15, -0.1) is 0 Å². The number of nitrogens with one attached hydrogen (secondary N) is 3. The molecule has 0 radical (unpaired) electrons. The molecule has 558 valence electrons. The van der Waals surface area contributed by atoms with Gasteiger partial charge in [0.25, 0.3) is 0 Å². The predicted molar refractivity (Wildman–Crippen MR) is 359 cm³/mol. The molecule has 3 aliphatic heterocycles. The van der Waals surface area contributed by atoms with Crippen molar-refractivity contribution in [1.82, 2.24) is 60.0 Å². The molecule has 3 saturated heterocycles. The molecule has 0 unspecified atom stereocenters. The second-order valence-electron chi connectivity index (χ2n) is 29.1. The number of hydrogen-bond acceptors (Lipinski definition) is 12. The number of nitrogens with zero attached hydrogens (tertiary/aromatic N) is 9. The zero-order valence-electron chi connectivity index (χ0n) is 60.2. The summed E-state index contributed by atoms with van der Waals surface area (Å²) in [5, 5.41) is 8.52. The lowest BCUT2D eigenvalue weighted by molar-refractivity contribution is -0.156. The second kappa shape index (κ2) is 35.4. The van der Waals surface area contributed by atoms with Crippen LogP contribution in [-0.4, -0.2) is 251 Å². The number of fused-ring (bicyclic) bond motifs is 1. The molecule has 0 bridgehead atoms. The molecule has 7 rings (SSSR count). The van der Waals surface area contributed by atoms with Crippen LogP contribution in [0.2, 0.25) is 0 Å². The van der Waals surface area contributed by atoms with Gasteiger partial charge in [-0.05, 0) is 112 Å². The summed E-state index contributed by atoms with van der Waals surface area (Å²) < 4.78 is 71.4. The molecule has 3 aliphatic carbocycles. The molecule has 12 amide bonds. The molecule has 6 fully saturated rings. The summed E-state index contributed by atoms with van der Waals surface area (Å²) in [7, 11) is 9.76. The molecule has 3 saturated carbocycles. The number of amides is 12. The van der Waals surface area contributed by atoms with E-state index >= 15 is 28.0 Å². The lowest BCUT2D eigenvalue weighted by atomic mass is 9.81. The number of rotatable bonds is 11. The van der Waals surface area contributed by atoms with Gasteiger partial charge in [0.1, 0.15) is 65.0 Å². The van der Waals surface area contributed by atoms with E-state index in [1.54, 1.807) is 11.8 Å². The van der Waals surface area contributed by atoms with Gasteiger partial charge < -0.3 is 60.0 Å². The van der Waals surface area contributed by atoms with Crippen molar-refractivity contribution in [3.63, 3.8) is 0 Å². The lowest BCUT2D eigenvalue weighted by Gasteiger charge is -2.43. The smallest absolute Gasteiger partial charge is 0.343 e. The summed E-state index contributed by atoms with van der Waals surface area (Å²) in [6.45, 7) is 4.20. The van der Waals surface area contributed by atoms with Crippen LogP contribution in [0.1, 0.15) is 186 Å². The minimum absolute atomic E-state index is 0.0236. The molecule has 1 aromatic carbocycles. The van der Waals surface area contributed by atoms with E-state index in [-0.39, 0.29) is 56.6 Å². The summed E-state index contributed by atoms with van der Waals surface area (Å²) in [5.41, 5.74) is -4.04. The Kier molecular flexibility index (Phi) is 28.3. The van der Waals surface area contributed by atoms with E-state index in [4.69, 9.17) is 0 Å². The van der Waals surface area contributed by atoms with Gasteiger partial charge in [-0.25, -0.2) is 8.78 Å². The largest absolute Gasteiger partial charge is 0.422 e. The van der Waals surface area contributed by atoms with Crippen molar-refractivity contribution in [2.24, 2.45) is 17.8 Å². The summed E-state index contributed by atoms with van der Waals surface area (Å²) >= 11 is 0. The second-order valence-corrected chi connectivity index (χ2v) is 29.1. The number of hydrogen-bond donors (Lipinski definition) is 3. The number of benzene rings is 1. The van der Waals surface area contributed by atoms with E-state index in [1.165, 1.54) is 73.8 Å². The first kappa shape index (κ1) is 79.8. The van der Waals surface area contributed by atoms with Crippen molar-refractivity contribution in [2.45, 2.75) is 235 Å². The average molecular weight is 1420 g/mol. The van der Waals surface area contributed by atoms with Crippen LogP contribution in [0.15, 0.2) is 12.1 Å². The molecular formula is C71H107F5N12O12. The zero-order valence-corrected chi connectivity index (χ0v) is 60.2. The first-order chi connectivity index (χ1) is 47.2. The zero-order chi connectivity index (χ0) is 73.7. The van der Waals surface area contributed by atoms with Crippen molar-refractivity contribution in [3.8, 4) is 0 Å². The van der Waals surface area contributed by atoms with Crippen LogP contribution in [0.4, 0.5) is 22.0 Å². The van der Waals surface area contributed by atoms with Crippen LogP contribution in [-0.2, 0) is 70.1 Å². The SMILES string of the molecule is CCC[C@H]1C(=O)N[C@@H]([C@@H](C)CC)C(=O)N(C)CC(=O)N(C)CC(=O)N(C)[C@@H](CC2CCCCC2)C(=O)N(C)CC(=O)N[C@@H](CCc2cc(F)c(C(F)(F)F)c(F)c2)C(=O)N2CCC[C@H]2C(=O)NC2(CCCC2)C(=O)N(C)[C@@H](C2CCCCC2)C(=O)N(C)[C@H](C(=O)N2CCCC2)CC(=O)N1C. The average Bonchev–Trinajstić information content (AvgIpc) is 1.45. The predicted octanol–water partition coefficient (Wildman–Crippen LogP) is 5.41. The Bertz CT molecular complexity index is 3110. The molecule has 6 aliphatic rings. The van der Waals surface area contributed by atoms with E-state index < -0.39 is 193 Å². The van der Waals surface area contributed by atoms with Crippen LogP contribution in [0.3, 0.4) is 0 Å². The fourth-order valence-electron chi connectivity index (χ4n) is 15.7. The van der Waals surface area contributed by atoms with Crippen molar-refractivity contribution < 1.29 is 79.5 Å². The highest BCUT2D eigenvalue weighted by Crippen LogP contribution is 2.38. The Morgan fingerprint density at radius 2 is 1.17 bits per heavy atom. The summed E-state index contributed by atoms with van der Waals surface area (Å²) in [4.78, 5) is 189. The maximum absolute atomic E-state index is 15.7. The maximum Gasteiger partial charge on any atom is 0.422 e. The van der Waals surface area contributed by atoms with Gasteiger partial charge in [0.05, 0.1) is 26.1 Å². The fraction of sp³-hybridized carbons (Fsp3) is 0.746. The molecule has 29 heteroatoms. The molecule has 8 atom stereocenters.